The third-order valence-electron chi connectivity index (χ3n) is 2.85. The molecule has 19 heavy (non-hydrogen) atoms. The summed E-state index contributed by atoms with van der Waals surface area (Å²) in [5, 5.41) is 19.9. The average molecular weight is 261 g/mol. The number of hydrogen-bond acceptors (Lipinski definition) is 4. The second-order valence-electron chi connectivity index (χ2n) is 4.03. The third-order valence-corrected chi connectivity index (χ3v) is 2.85. The van der Waals surface area contributed by atoms with E-state index in [0.717, 1.165) is 4.57 Å². The predicted octanol–water partition coefficient (Wildman–Crippen LogP) is 2.60. The van der Waals surface area contributed by atoms with Crippen molar-refractivity contribution in [2.75, 3.05) is 0 Å². The highest BCUT2D eigenvalue weighted by Crippen LogP contribution is 2.25. The summed E-state index contributed by atoms with van der Waals surface area (Å²) in [5.74, 6) is 0.186. The van der Waals surface area contributed by atoms with Crippen molar-refractivity contribution < 1.29 is 14.8 Å². The summed E-state index contributed by atoms with van der Waals surface area (Å²) in [6.07, 6.45) is -1.17. The highest BCUT2D eigenvalue weighted by molar-refractivity contribution is 5.77. The number of nitrogens with zero attached hydrogens (tertiary/aromatic N) is 3. The molecule has 98 valence electrons. The molecule has 0 aliphatic rings. The summed E-state index contributed by atoms with van der Waals surface area (Å²) in [7, 11) is 0. The number of nitro benzene ring substituents is 1. The molecule has 7 heteroatoms. The van der Waals surface area contributed by atoms with E-state index in [2.05, 4.69) is 4.98 Å². The van der Waals surface area contributed by atoms with E-state index in [0.29, 0.717) is 17.0 Å². The molecular weight excluding hydrogens is 250 g/mol. The normalized spacial score (nSPS) is 10.4. The number of aryl methyl sites for hydroxylation is 1. The van der Waals surface area contributed by atoms with E-state index >= 15 is 0 Å². The maximum Gasteiger partial charge on any atom is 0.417 e. The molecule has 0 bridgehead atoms. The van der Waals surface area contributed by atoms with Gasteiger partial charge in [0.1, 0.15) is 5.82 Å². The molecule has 0 spiro atoms. The zero-order chi connectivity index (χ0) is 14.2. The Morgan fingerprint density at radius 3 is 2.68 bits per heavy atom. The zero-order valence-electron chi connectivity index (χ0n) is 10.3. The number of nitro groups is 1. The van der Waals surface area contributed by atoms with Gasteiger partial charge in [0.25, 0.3) is 5.69 Å². The van der Waals surface area contributed by atoms with Gasteiger partial charge in [-0.3, -0.25) is 10.1 Å². The van der Waals surface area contributed by atoms with Crippen molar-refractivity contribution in [3.8, 4) is 11.4 Å². The second-order valence-corrected chi connectivity index (χ2v) is 4.03. The number of carbonyl (C=O) groups is 1. The number of non-ortho nitro benzene ring substituents is 1. The highest BCUT2D eigenvalue weighted by Gasteiger charge is 2.19. The van der Waals surface area contributed by atoms with E-state index in [1.807, 2.05) is 0 Å². The number of imidazole rings is 1. The molecule has 0 saturated carbocycles. The third kappa shape index (κ3) is 2.17. The monoisotopic (exact) mass is 261 g/mol. The Hall–Kier alpha value is -2.70. The van der Waals surface area contributed by atoms with Gasteiger partial charge >= 0.3 is 6.09 Å². The Morgan fingerprint density at radius 2 is 2.11 bits per heavy atom. The number of hydrogen-bond donors (Lipinski definition) is 1. The van der Waals surface area contributed by atoms with Crippen LogP contribution in [-0.4, -0.2) is 25.7 Å². The smallest absolute Gasteiger partial charge is 0.417 e. The van der Waals surface area contributed by atoms with Crippen LogP contribution in [-0.2, 0) is 0 Å². The molecule has 7 nitrogen and oxygen atoms in total. The van der Waals surface area contributed by atoms with Crippen LogP contribution >= 0.6 is 0 Å². The molecule has 1 aromatic heterocycles. The first kappa shape index (κ1) is 12.7. The Labute approximate surface area is 108 Å². The van der Waals surface area contributed by atoms with Crippen LogP contribution in [0.1, 0.15) is 11.4 Å². The fourth-order valence-electron chi connectivity index (χ4n) is 1.80. The summed E-state index contributed by atoms with van der Waals surface area (Å²) in [5.41, 5.74) is 1.36. The quantitative estimate of drug-likeness (QED) is 0.661. The van der Waals surface area contributed by atoms with E-state index in [-0.39, 0.29) is 11.5 Å². The van der Waals surface area contributed by atoms with Crippen molar-refractivity contribution in [2.45, 2.75) is 13.8 Å². The lowest BCUT2D eigenvalue weighted by atomic mass is 10.2. The minimum Gasteiger partial charge on any atom is -0.464 e. The molecule has 1 aromatic carbocycles. The van der Waals surface area contributed by atoms with Crippen LogP contribution in [0.25, 0.3) is 11.4 Å². The maximum absolute atomic E-state index is 11.2. The molecule has 1 heterocycles. The molecule has 0 aliphatic carbocycles. The van der Waals surface area contributed by atoms with E-state index in [9.17, 15) is 20.0 Å². The van der Waals surface area contributed by atoms with Crippen LogP contribution in [0.15, 0.2) is 24.3 Å². The molecule has 0 saturated heterocycles. The lowest BCUT2D eigenvalue weighted by Crippen LogP contribution is -2.11. The Balaban J connectivity index is 2.65. The number of aromatic nitrogens is 2. The summed E-state index contributed by atoms with van der Waals surface area (Å²) in [6, 6.07) is 5.74. The van der Waals surface area contributed by atoms with Crippen LogP contribution in [0.2, 0.25) is 0 Å². The van der Waals surface area contributed by atoms with Crippen LogP contribution in [0.5, 0.6) is 0 Å². The van der Waals surface area contributed by atoms with Crippen LogP contribution in [0.4, 0.5) is 10.5 Å². The summed E-state index contributed by atoms with van der Waals surface area (Å²) < 4.78 is 1.02. The molecule has 0 atom stereocenters. The van der Waals surface area contributed by atoms with Crippen molar-refractivity contribution in [3.05, 3.63) is 45.8 Å². The maximum atomic E-state index is 11.2. The molecule has 0 amide bonds. The van der Waals surface area contributed by atoms with Gasteiger partial charge in [-0.15, -0.1) is 0 Å². The van der Waals surface area contributed by atoms with Crippen molar-refractivity contribution in [1.82, 2.24) is 9.55 Å². The molecule has 0 radical (unpaired) electrons. The zero-order valence-corrected chi connectivity index (χ0v) is 10.3. The molecule has 0 aliphatic heterocycles. The van der Waals surface area contributed by atoms with Crippen LogP contribution in [0, 0.1) is 24.0 Å². The van der Waals surface area contributed by atoms with Crippen molar-refractivity contribution in [3.63, 3.8) is 0 Å². The van der Waals surface area contributed by atoms with E-state index in [1.54, 1.807) is 19.9 Å². The minimum absolute atomic E-state index is 0.104. The Bertz CT molecular complexity index is 676. The van der Waals surface area contributed by atoms with Gasteiger partial charge in [-0.25, -0.2) is 14.3 Å². The topological polar surface area (TPSA) is 98.3 Å². The standard InChI is InChI=1S/C12H11N3O4/c1-7-8(2)14(12(16)17)11(13-7)9-4-3-5-10(6-9)15(18)19/h3-6H,1-2H3,(H,16,17). The first-order chi connectivity index (χ1) is 8.91. The largest absolute Gasteiger partial charge is 0.464 e. The molecular formula is C12H11N3O4. The van der Waals surface area contributed by atoms with E-state index in [4.69, 9.17) is 0 Å². The summed E-state index contributed by atoms with van der Waals surface area (Å²) in [6.45, 7) is 3.33. The fourth-order valence-corrected chi connectivity index (χ4v) is 1.80. The predicted molar refractivity (Wildman–Crippen MR) is 67.2 cm³/mol. The number of rotatable bonds is 2. The molecule has 0 unspecified atom stereocenters. The van der Waals surface area contributed by atoms with E-state index < -0.39 is 11.0 Å². The van der Waals surface area contributed by atoms with E-state index in [1.165, 1.54) is 18.2 Å². The van der Waals surface area contributed by atoms with Crippen LogP contribution in [0.3, 0.4) is 0 Å². The Morgan fingerprint density at radius 1 is 1.42 bits per heavy atom. The average Bonchev–Trinajstić information content (AvgIpc) is 2.66. The molecule has 2 rings (SSSR count). The van der Waals surface area contributed by atoms with Gasteiger partial charge in [0.2, 0.25) is 0 Å². The van der Waals surface area contributed by atoms with Gasteiger partial charge in [-0.1, -0.05) is 12.1 Å². The van der Waals surface area contributed by atoms with Gasteiger partial charge in [-0.2, -0.15) is 0 Å². The second kappa shape index (κ2) is 4.52. The van der Waals surface area contributed by atoms with Crippen molar-refractivity contribution >= 4 is 11.8 Å². The minimum atomic E-state index is -1.17. The fraction of sp³-hybridized carbons (Fsp3) is 0.167. The first-order valence-electron chi connectivity index (χ1n) is 5.46. The highest BCUT2D eigenvalue weighted by atomic mass is 16.6. The van der Waals surface area contributed by atoms with Gasteiger partial charge in [0, 0.05) is 23.4 Å². The lowest BCUT2D eigenvalue weighted by Gasteiger charge is -2.04. The Kier molecular flexibility index (Phi) is 3.04. The van der Waals surface area contributed by atoms with Crippen molar-refractivity contribution in [2.24, 2.45) is 0 Å². The first-order valence-corrected chi connectivity index (χ1v) is 5.46. The molecule has 1 N–H and O–H groups in total. The van der Waals surface area contributed by atoms with Gasteiger partial charge in [0.05, 0.1) is 10.6 Å². The lowest BCUT2D eigenvalue weighted by molar-refractivity contribution is -0.384. The van der Waals surface area contributed by atoms with Gasteiger partial charge in [0.15, 0.2) is 0 Å². The molecule has 0 fully saturated rings. The number of benzene rings is 1. The number of carboxylic acid groups (broad SMARTS) is 1. The van der Waals surface area contributed by atoms with Crippen molar-refractivity contribution in [1.29, 1.82) is 0 Å². The summed E-state index contributed by atoms with van der Waals surface area (Å²) >= 11 is 0. The summed E-state index contributed by atoms with van der Waals surface area (Å²) in [4.78, 5) is 25.6. The van der Waals surface area contributed by atoms with Gasteiger partial charge < -0.3 is 5.11 Å². The van der Waals surface area contributed by atoms with Crippen LogP contribution < -0.4 is 0 Å². The van der Waals surface area contributed by atoms with Gasteiger partial charge in [-0.05, 0) is 13.8 Å². The SMILES string of the molecule is Cc1nc(-c2cccc([N+](=O)[O-])c2)n(C(=O)O)c1C. The molecule has 2 aromatic rings.